The van der Waals surface area contributed by atoms with E-state index in [0.29, 0.717) is 12.5 Å². The Balaban J connectivity index is 2.12. The number of nitrogens with one attached hydrogen (secondary N) is 2. The van der Waals surface area contributed by atoms with Crippen LogP contribution in [0.2, 0.25) is 0 Å². The number of nitrogen functional groups attached to an aromatic ring is 1. The van der Waals surface area contributed by atoms with Gasteiger partial charge in [0.25, 0.3) is 5.91 Å². The molecule has 1 aliphatic heterocycles. The number of benzene rings is 1. The molecule has 4 N–H and O–H groups in total. The van der Waals surface area contributed by atoms with Crippen molar-refractivity contribution in [3.63, 3.8) is 0 Å². The fraction of sp³-hybridized carbons (Fsp3) is 0.611. The molecule has 0 saturated carbocycles. The molecular formula is C18H30N4O3S. The zero-order chi connectivity index (χ0) is 19.5. The van der Waals surface area contributed by atoms with Gasteiger partial charge in [-0.2, -0.15) is 0 Å². The van der Waals surface area contributed by atoms with E-state index >= 15 is 0 Å². The molecule has 7 nitrogen and oxygen atoms in total. The maximum absolute atomic E-state index is 12.5. The minimum absolute atomic E-state index is 0.00465. The molecular weight excluding hydrogens is 352 g/mol. The van der Waals surface area contributed by atoms with Gasteiger partial charge in [-0.1, -0.05) is 0 Å². The molecule has 1 fully saturated rings. The summed E-state index contributed by atoms with van der Waals surface area (Å²) in [4.78, 5) is 14.7. The fourth-order valence-electron chi connectivity index (χ4n) is 3.15. The van der Waals surface area contributed by atoms with Gasteiger partial charge in [-0.05, 0) is 71.3 Å². The average molecular weight is 383 g/mol. The maximum atomic E-state index is 12.5. The first-order valence-electron chi connectivity index (χ1n) is 8.87. The predicted octanol–water partition coefficient (Wildman–Crippen LogP) is 1.42. The van der Waals surface area contributed by atoms with E-state index in [9.17, 15) is 13.2 Å². The molecule has 8 heteroatoms. The molecule has 1 atom stereocenters. The van der Waals surface area contributed by atoms with Crippen molar-refractivity contribution in [3.05, 3.63) is 23.8 Å². The number of amides is 1. The Bertz CT molecular complexity index is 756. The SMILES string of the molecule is CN1CCC[C@@H](CNC(=O)c2cc(N)cc(S(=O)(=O)NC(C)(C)C)c2)C1. The van der Waals surface area contributed by atoms with E-state index in [1.54, 1.807) is 20.8 Å². The Labute approximate surface area is 156 Å². The summed E-state index contributed by atoms with van der Waals surface area (Å²) in [5.41, 5.74) is 5.70. The molecule has 0 aromatic heterocycles. The lowest BCUT2D eigenvalue weighted by Crippen LogP contribution is -2.40. The molecule has 26 heavy (non-hydrogen) atoms. The standard InChI is InChI=1S/C18H30N4O3S/c1-18(2,3)21-26(24,25)16-9-14(8-15(19)10-16)17(23)20-11-13-6-5-7-22(4)12-13/h8-10,13,21H,5-7,11-12,19H2,1-4H3,(H,20,23)/t13-/m0/s1. The van der Waals surface area contributed by atoms with E-state index in [2.05, 4.69) is 22.0 Å². The first-order chi connectivity index (χ1) is 12.0. The van der Waals surface area contributed by atoms with Gasteiger partial charge in [0.05, 0.1) is 4.90 Å². The second kappa shape index (κ2) is 7.94. The zero-order valence-electron chi connectivity index (χ0n) is 16.0. The number of anilines is 1. The quantitative estimate of drug-likeness (QED) is 0.668. The van der Waals surface area contributed by atoms with Crippen LogP contribution in [-0.2, 0) is 10.0 Å². The Morgan fingerprint density at radius 1 is 1.31 bits per heavy atom. The fourth-order valence-corrected chi connectivity index (χ4v) is 4.65. The molecule has 0 unspecified atom stereocenters. The molecule has 146 valence electrons. The molecule has 2 rings (SSSR count). The minimum atomic E-state index is -3.76. The summed E-state index contributed by atoms with van der Waals surface area (Å²) in [7, 11) is -1.68. The van der Waals surface area contributed by atoms with Crippen LogP contribution in [0.15, 0.2) is 23.1 Å². The van der Waals surface area contributed by atoms with E-state index in [-0.39, 0.29) is 22.1 Å². The van der Waals surface area contributed by atoms with Crippen molar-refractivity contribution in [1.82, 2.24) is 14.9 Å². The zero-order valence-corrected chi connectivity index (χ0v) is 16.8. The van der Waals surface area contributed by atoms with Crippen LogP contribution < -0.4 is 15.8 Å². The number of nitrogens with zero attached hydrogens (tertiary/aromatic N) is 1. The second-order valence-corrected chi connectivity index (χ2v) is 9.81. The summed E-state index contributed by atoms with van der Waals surface area (Å²) >= 11 is 0. The molecule has 0 spiro atoms. The van der Waals surface area contributed by atoms with Gasteiger partial charge >= 0.3 is 0 Å². The molecule has 1 saturated heterocycles. The van der Waals surface area contributed by atoms with Gasteiger partial charge in [-0.15, -0.1) is 0 Å². The lowest BCUT2D eigenvalue weighted by molar-refractivity contribution is 0.0936. The number of piperidine rings is 1. The summed E-state index contributed by atoms with van der Waals surface area (Å²) < 4.78 is 27.6. The summed E-state index contributed by atoms with van der Waals surface area (Å²) in [6, 6.07) is 4.23. The Morgan fingerprint density at radius 3 is 2.62 bits per heavy atom. The number of hydrogen-bond donors (Lipinski definition) is 3. The number of likely N-dealkylation sites (tertiary alicyclic amines) is 1. The third-order valence-corrected chi connectivity index (χ3v) is 5.95. The van der Waals surface area contributed by atoms with Crippen LogP contribution >= 0.6 is 0 Å². The van der Waals surface area contributed by atoms with E-state index in [4.69, 9.17) is 5.73 Å². The van der Waals surface area contributed by atoms with Gasteiger partial charge in [-0.3, -0.25) is 4.79 Å². The third kappa shape index (κ3) is 5.96. The summed E-state index contributed by atoms with van der Waals surface area (Å²) in [5.74, 6) is 0.0993. The third-order valence-electron chi connectivity index (χ3n) is 4.22. The van der Waals surface area contributed by atoms with Gasteiger partial charge in [-0.25, -0.2) is 13.1 Å². The number of carbonyl (C=O) groups is 1. The first kappa shape index (κ1) is 20.7. The summed E-state index contributed by atoms with van der Waals surface area (Å²) in [6.45, 7) is 7.87. The number of hydrogen-bond acceptors (Lipinski definition) is 5. The van der Waals surface area contributed by atoms with Crippen LogP contribution in [0.4, 0.5) is 5.69 Å². The molecule has 1 aromatic carbocycles. The predicted molar refractivity (Wildman–Crippen MR) is 103 cm³/mol. The van der Waals surface area contributed by atoms with Gasteiger partial charge in [0, 0.05) is 29.9 Å². The molecule has 1 aliphatic rings. The highest BCUT2D eigenvalue weighted by Crippen LogP contribution is 2.19. The van der Waals surface area contributed by atoms with Crippen molar-refractivity contribution >= 4 is 21.6 Å². The Kier molecular flexibility index (Phi) is 6.31. The van der Waals surface area contributed by atoms with Gasteiger partial charge in [0.1, 0.15) is 0 Å². The number of rotatable bonds is 5. The van der Waals surface area contributed by atoms with Crippen LogP contribution in [0, 0.1) is 5.92 Å². The van der Waals surface area contributed by atoms with Gasteiger partial charge < -0.3 is 16.0 Å². The summed E-state index contributed by atoms with van der Waals surface area (Å²) in [6.07, 6.45) is 2.20. The van der Waals surface area contributed by atoms with Crippen molar-refractivity contribution < 1.29 is 13.2 Å². The van der Waals surface area contributed by atoms with Crippen LogP contribution in [0.1, 0.15) is 44.0 Å². The normalized spacial score (nSPS) is 19.3. The Morgan fingerprint density at radius 2 is 2.00 bits per heavy atom. The number of sulfonamides is 1. The maximum Gasteiger partial charge on any atom is 0.251 e. The molecule has 1 amide bonds. The highest BCUT2D eigenvalue weighted by molar-refractivity contribution is 7.89. The van der Waals surface area contributed by atoms with Crippen LogP contribution in [-0.4, -0.2) is 51.4 Å². The summed E-state index contributed by atoms with van der Waals surface area (Å²) in [5, 5.41) is 2.91. The van der Waals surface area contributed by atoms with Crippen molar-refractivity contribution in [2.45, 2.75) is 44.0 Å². The van der Waals surface area contributed by atoms with Crippen molar-refractivity contribution in [2.75, 3.05) is 32.4 Å². The molecule has 0 bridgehead atoms. The molecule has 0 radical (unpaired) electrons. The highest BCUT2D eigenvalue weighted by atomic mass is 32.2. The monoisotopic (exact) mass is 382 g/mol. The molecule has 0 aliphatic carbocycles. The second-order valence-electron chi connectivity index (χ2n) is 8.13. The van der Waals surface area contributed by atoms with E-state index in [1.807, 2.05) is 0 Å². The average Bonchev–Trinajstić information content (AvgIpc) is 2.50. The van der Waals surface area contributed by atoms with Crippen molar-refractivity contribution in [2.24, 2.45) is 5.92 Å². The topological polar surface area (TPSA) is 105 Å². The van der Waals surface area contributed by atoms with Gasteiger partial charge in [0.2, 0.25) is 10.0 Å². The highest BCUT2D eigenvalue weighted by Gasteiger charge is 2.24. The van der Waals surface area contributed by atoms with Gasteiger partial charge in [0.15, 0.2) is 0 Å². The van der Waals surface area contributed by atoms with E-state index in [0.717, 1.165) is 25.9 Å². The van der Waals surface area contributed by atoms with Crippen molar-refractivity contribution in [1.29, 1.82) is 0 Å². The van der Waals surface area contributed by atoms with Crippen molar-refractivity contribution in [3.8, 4) is 0 Å². The molecule has 1 aromatic rings. The number of carbonyl (C=O) groups excluding carboxylic acids is 1. The molecule has 1 heterocycles. The van der Waals surface area contributed by atoms with E-state index in [1.165, 1.54) is 18.2 Å². The lowest BCUT2D eigenvalue weighted by atomic mass is 9.98. The van der Waals surface area contributed by atoms with E-state index < -0.39 is 15.6 Å². The minimum Gasteiger partial charge on any atom is -0.399 e. The van der Waals surface area contributed by atoms with Crippen LogP contribution in [0.25, 0.3) is 0 Å². The lowest BCUT2D eigenvalue weighted by Gasteiger charge is -2.29. The van der Waals surface area contributed by atoms with Crippen LogP contribution in [0.3, 0.4) is 0 Å². The largest absolute Gasteiger partial charge is 0.399 e. The smallest absolute Gasteiger partial charge is 0.251 e. The number of nitrogens with two attached hydrogens (primary N) is 1. The van der Waals surface area contributed by atoms with Crippen LogP contribution in [0.5, 0.6) is 0 Å². The Hall–Kier alpha value is -1.64. The first-order valence-corrected chi connectivity index (χ1v) is 10.4.